The number of piperidine rings is 1. The third-order valence-corrected chi connectivity index (χ3v) is 3.14. The number of aryl methyl sites for hydroxylation is 1. The van der Waals surface area contributed by atoms with Crippen LogP contribution in [0.4, 0.5) is 5.82 Å². The lowest BCUT2D eigenvalue weighted by Gasteiger charge is -2.33. The van der Waals surface area contributed by atoms with Crippen LogP contribution in [-0.4, -0.2) is 34.1 Å². The molecule has 0 bridgehead atoms. The fraction of sp³-hybridized carbons (Fsp3) is 0.583. The van der Waals surface area contributed by atoms with Gasteiger partial charge in [-0.1, -0.05) is 0 Å². The highest BCUT2D eigenvalue weighted by Gasteiger charge is 2.23. The predicted octanol–water partition coefficient (Wildman–Crippen LogP) is 1.48. The molecule has 2 heterocycles. The van der Waals surface area contributed by atoms with E-state index in [0.717, 1.165) is 37.4 Å². The Bertz CT molecular complexity index is 408. The third-order valence-electron chi connectivity index (χ3n) is 3.14. The zero-order valence-corrected chi connectivity index (χ0v) is 9.96. The van der Waals surface area contributed by atoms with Crippen molar-refractivity contribution in [2.45, 2.75) is 26.2 Å². The maximum Gasteiger partial charge on any atom is 0.303 e. The van der Waals surface area contributed by atoms with E-state index in [4.69, 9.17) is 5.11 Å². The Balaban J connectivity index is 2.07. The molecular weight excluding hydrogens is 218 g/mol. The summed E-state index contributed by atoms with van der Waals surface area (Å²) in [5, 5.41) is 8.83. The Labute approximate surface area is 100 Å². The van der Waals surface area contributed by atoms with Crippen LogP contribution in [-0.2, 0) is 4.79 Å². The minimum absolute atomic E-state index is 0.225. The molecule has 1 N–H and O–H groups in total. The number of hydrogen-bond acceptors (Lipinski definition) is 4. The summed E-state index contributed by atoms with van der Waals surface area (Å²) in [7, 11) is 0. The molecule has 1 aliphatic heterocycles. The summed E-state index contributed by atoms with van der Waals surface area (Å²) in [6.07, 6.45) is 5.62. The summed E-state index contributed by atoms with van der Waals surface area (Å²) in [5.74, 6) is 0.401. The van der Waals surface area contributed by atoms with Crippen molar-refractivity contribution >= 4 is 11.8 Å². The molecule has 92 valence electrons. The average molecular weight is 235 g/mol. The number of carboxylic acid groups (broad SMARTS) is 1. The largest absolute Gasteiger partial charge is 0.481 e. The van der Waals surface area contributed by atoms with Gasteiger partial charge in [-0.3, -0.25) is 9.78 Å². The number of hydrogen-bond donors (Lipinski definition) is 1. The van der Waals surface area contributed by atoms with Crippen LogP contribution in [0.25, 0.3) is 0 Å². The zero-order chi connectivity index (χ0) is 12.3. The van der Waals surface area contributed by atoms with E-state index >= 15 is 0 Å². The van der Waals surface area contributed by atoms with Crippen LogP contribution in [0.2, 0.25) is 0 Å². The van der Waals surface area contributed by atoms with Crippen LogP contribution < -0.4 is 4.90 Å². The van der Waals surface area contributed by atoms with Crippen molar-refractivity contribution in [3.05, 3.63) is 18.1 Å². The molecule has 0 radical (unpaired) electrons. The zero-order valence-electron chi connectivity index (χ0n) is 9.96. The van der Waals surface area contributed by atoms with Gasteiger partial charge in [0.05, 0.1) is 5.69 Å². The normalized spacial score (nSPS) is 20.3. The molecule has 0 amide bonds. The van der Waals surface area contributed by atoms with Gasteiger partial charge in [0, 0.05) is 31.9 Å². The van der Waals surface area contributed by atoms with E-state index in [1.165, 1.54) is 0 Å². The maximum atomic E-state index is 10.7. The average Bonchev–Trinajstić information content (AvgIpc) is 2.29. The first-order valence-corrected chi connectivity index (χ1v) is 5.91. The second kappa shape index (κ2) is 5.12. The van der Waals surface area contributed by atoms with E-state index in [-0.39, 0.29) is 12.3 Å². The number of anilines is 1. The third kappa shape index (κ3) is 2.93. The molecule has 0 aliphatic carbocycles. The van der Waals surface area contributed by atoms with Gasteiger partial charge in [0.15, 0.2) is 0 Å². The van der Waals surface area contributed by atoms with Gasteiger partial charge in [-0.2, -0.15) is 0 Å². The molecule has 2 rings (SSSR count). The Morgan fingerprint density at radius 2 is 2.29 bits per heavy atom. The number of aromatic nitrogens is 2. The molecule has 1 aromatic rings. The van der Waals surface area contributed by atoms with Crippen LogP contribution in [0.3, 0.4) is 0 Å². The molecule has 1 unspecified atom stereocenters. The van der Waals surface area contributed by atoms with Gasteiger partial charge >= 0.3 is 5.97 Å². The fourth-order valence-electron chi connectivity index (χ4n) is 2.38. The summed E-state index contributed by atoms with van der Waals surface area (Å²) < 4.78 is 0. The minimum Gasteiger partial charge on any atom is -0.481 e. The first kappa shape index (κ1) is 11.8. The van der Waals surface area contributed by atoms with Crippen LogP contribution in [0.1, 0.15) is 25.0 Å². The second-order valence-electron chi connectivity index (χ2n) is 4.52. The van der Waals surface area contributed by atoms with E-state index in [1.807, 2.05) is 6.92 Å². The summed E-state index contributed by atoms with van der Waals surface area (Å²) in [4.78, 5) is 21.4. The van der Waals surface area contributed by atoms with Crippen LogP contribution in [0.5, 0.6) is 0 Å². The fourth-order valence-corrected chi connectivity index (χ4v) is 2.38. The Morgan fingerprint density at radius 1 is 1.53 bits per heavy atom. The van der Waals surface area contributed by atoms with Gasteiger partial charge in [0.1, 0.15) is 5.82 Å². The van der Waals surface area contributed by atoms with Crippen molar-refractivity contribution in [2.75, 3.05) is 18.0 Å². The lowest BCUT2D eigenvalue weighted by Crippen LogP contribution is -2.37. The molecule has 5 heteroatoms. The van der Waals surface area contributed by atoms with Crippen molar-refractivity contribution in [3.63, 3.8) is 0 Å². The van der Waals surface area contributed by atoms with Crippen molar-refractivity contribution in [3.8, 4) is 0 Å². The number of rotatable bonds is 3. The van der Waals surface area contributed by atoms with Crippen molar-refractivity contribution in [1.29, 1.82) is 0 Å². The maximum absolute atomic E-state index is 10.7. The standard InChI is InChI=1S/C12H17N3O2/c1-9-12(14-5-4-13-9)15-6-2-3-10(8-15)7-11(16)17/h4-5,10H,2-3,6-8H2,1H3,(H,16,17). The van der Waals surface area contributed by atoms with Gasteiger partial charge in [0.2, 0.25) is 0 Å². The highest BCUT2D eigenvalue weighted by molar-refractivity contribution is 5.67. The van der Waals surface area contributed by atoms with E-state index in [9.17, 15) is 4.79 Å². The molecule has 1 aliphatic rings. The number of nitrogens with zero attached hydrogens (tertiary/aromatic N) is 3. The van der Waals surface area contributed by atoms with Gasteiger partial charge in [-0.05, 0) is 25.7 Å². The highest BCUT2D eigenvalue weighted by Crippen LogP contribution is 2.24. The van der Waals surface area contributed by atoms with Gasteiger partial charge < -0.3 is 10.0 Å². The van der Waals surface area contributed by atoms with Crippen LogP contribution >= 0.6 is 0 Å². The van der Waals surface area contributed by atoms with Gasteiger partial charge in [-0.25, -0.2) is 4.98 Å². The summed E-state index contributed by atoms with van der Waals surface area (Å²) in [5.41, 5.74) is 0.906. The SMILES string of the molecule is Cc1nccnc1N1CCCC(CC(=O)O)C1. The number of carboxylic acids is 1. The van der Waals surface area contributed by atoms with E-state index in [1.54, 1.807) is 12.4 Å². The Kier molecular flexibility index (Phi) is 3.56. The van der Waals surface area contributed by atoms with E-state index < -0.39 is 5.97 Å². The molecule has 1 saturated heterocycles. The Morgan fingerprint density at radius 3 is 3.00 bits per heavy atom. The molecule has 17 heavy (non-hydrogen) atoms. The molecular formula is C12H17N3O2. The smallest absolute Gasteiger partial charge is 0.303 e. The monoisotopic (exact) mass is 235 g/mol. The first-order chi connectivity index (χ1) is 8.16. The van der Waals surface area contributed by atoms with Gasteiger partial charge in [0.25, 0.3) is 0 Å². The topological polar surface area (TPSA) is 66.3 Å². The first-order valence-electron chi connectivity index (χ1n) is 5.91. The minimum atomic E-state index is -0.715. The van der Waals surface area contributed by atoms with Crippen LogP contribution in [0, 0.1) is 12.8 Å². The van der Waals surface area contributed by atoms with Crippen molar-refractivity contribution in [1.82, 2.24) is 9.97 Å². The second-order valence-corrected chi connectivity index (χ2v) is 4.52. The summed E-state index contributed by atoms with van der Waals surface area (Å²) in [6.45, 7) is 3.64. The highest BCUT2D eigenvalue weighted by atomic mass is 16.4. The molecule has 0 aromatic carbocycles. The van der Waals surface area contributed by atoms with E-state index in [2.05, 4.69) is 14.9 Å². The lowest BCUT2D eigenvalue weighted by molar-refractivity contribution is -0.138. The molecule has 1 fully saturated rings. The predicted molar refractivity (Wildman–Crippen MR) is 64.0 cm³/mol. The van der Waals surface area contributed by atoms with E-state index in [0.29, 0.717) is 0 Å². The number of carbonyl (C=O) groups is 1. The molecule has 0 spiro atoms. The lowest BCUT2D eigenvalue weighted by atomic mass is 9.95. The molecule has 1 aromatic heterocycles. The summed E-state index contributed by atoms with van der Waals surface area (Å²) >= 11 is 0. The molecule has 5 nitrogen and oxygen atoms in total. The number of aliphatic carboxylic acids is 1. The Hall–Kier alpha value is -1.65. The van der Waals surface area contributed by atoms with Crippen molar-refractivity contribution < 1.29 is 9.90 Å². The van der Waals surface area contributed by atoms with Gasteiger partial charge in [-0.15, -0.1) is 0 Å². The summed E-state index contributed by atoms with van der Waals surface area (Å²) in [6, 6.07) is 0. The van der Waals surface area contributed by atoms with Crippen LogP contribution in [0.15, 0.2) is 12.4 Å². The quantitative estimate of drug-likeness (QED) is 0.859. The van der Waals surface area contributed by atoms with Crippen molar-refractivity contribution in [2.24, 2.45) is 5.92 Å². The molecule has 0 saturated carbocycles. The molecule has 1 atom stereocenters.